The lowest BCUT2D eigenvalue weighted by Crippen LogP contribution is -2.47. The van der Waals surface area contributed by atoms with Gasteiger partial charge in [-0.25, -0.2) is 13.1 Å². The molecule has 1 saturated heterocycles. The molecule has 5 nitrogen and oxygen atoms in total. The Bertz CT molecular complexity index is 647. The van der Waals surface area contributed by atoms with Gasteiger partial charge in [-0.2, -0.15) is 0 Å². The number of piperidine rings is 1. The Balaban J connectivity index is 2.01. The maximum Gasteiger partial charge on any atom is 0.573 e. The fourth-order valence-electron chi connectivity index (χ4n) is 2.92. The van der Waals surface area contributed by atoms with Crippen LogP contribution >= 0.6 is 0 Å². The van der Waals surface area contributed by atoms with E-state index < -0.39 is 16.4 Å². The molecule has 1 aliphatic rings. The van der Waals surface area contributed by atoms with Gasteiger partial charge in [0.2, 0.25) is 10.0 Å². The Kier molecular flexibility index (Phi) is 5.77. The summed E-state index contributed by atoms with van der Waals surface area (Å²) in [7, 11) is -3.26. The molecule has 0 radical (unpaired) electrons. The highest BCUT2D eigenvalue weighted by atomic mass is 32.2. The van der Waals surface area contributed by atoms with Crippen molar-refractivity contribution >= 4 is 10.0 Å². The van der Waals surface area contributed by atoms with E-state index in [2.05, 4.69) is 14.4 Å². The number of nitrogens with one attached hydrogen (secondary N) is 1. The molecule has 0 bridgehead atoms. The highest BCUT2D eigenvalue weighted by Crippen LogP contribution is 2.28. The van der Waals surface area contributed by atoms with Crippen LogP contribution in [0.3, 0.4) is 0 Å². The van der Waals surface area contributed by atoms with E-state index in [0.29, 0.717) is 6.54 Å². The summed E-state index contributed by atoms with van der Waals surface area (Å²) in [6.45, 7) is 3.32. The molecule has 2 rings (SSSR count). The SMILES string of the molecule is C[C@@H](c1ccc(OC(F)(F)F)cc1)N1CCC[C@@H](NS(C)(=O)=O)C1. The van der Waals surface area contributed by atoms with Gasteiger partial charge in [0.15, 0.2) is 0 Å². The number of rotatable bonds is 5. The molecule has 1 heterocycles. The highest BCUT2D eigenvalue weighted by molar-refractivity contribution is 7.88. The van der Waals surface area contributed by atoms with Crippen LogP contribution in [0, 0.1) is 0 Å². The summed E-state index contributed by atoms with van der Waals surface area (Å²) in [5, 5.41) is 0. The first-order chi connectivity index (χ1) is 11.0. The maximum atomic E-state index is 12.2. The van der Waals surface area contributed by atoms with Gasteiger partial charge in [-0.1, -0.05) is 12.1 Å². The van der Waals surface area contributed by atoms with Gasteiger partial charge in [-0.15, -0.1) is 13.2 Å². The first-order valence-electron chi connectivity index (χ1n) is 7.60. The predicted molar refractivity (Wildman–Crippen MR) is 84.1 cm³/mol. The van der Waals surface area contributed by atoms with Crippen LogP contribution in [-0.2, 0) is 10.0 Å². The second-order valence-electron chi connectivity index (χ2n) is 6.02. The Labute approximate surface area is 139 Å². The molecular weight excluding hydrogens is 345 g/mol. The van der Waals surface area contributed by atoms with Crippen molar-refractivity contribution in [1.29, 1.82) is 0 Å². The minimum Gasteiger partial charge on any atom is -0.406 e. The molecule has 0 spiro atoms. The Morgan fingerprint density at radius 1 is 1.29 bits per heavy atom. The zero-order valence-electron chi connectivity index (χ0n) is 13.5. The van der Waals surface area contributed by atoms with Gasteiger partial charge in [0, 0.05) is 18.6 Å². The van der Waals surface area contributed by atoms with Gasteiger partial charge < -0.3 is 4.74 Å². The van der Waals surface area contributed by atoms with E-state index in [1.165, 1.54) is 12.1 Å². The third-order valence-corrected chi connectivity index (χ3v) is 4.74. The highest BCUT2D eigenvalue weighted by Gasteiger charge is 2.31. The van der Waals surface area contributed by atoms with Gasteiger partial charge in [-0.05, 0) is 44.0 Å². The van der Waals surface area contributed by atoms with Crippen molar-refractivity contribution in [1.82, 2.24) is 9.62 Å². The molecule has 1 aromatic rings. The number of hydrogen-bond acceptors (Lipinski definition) is 4. The number of hydrogen-bond donors (Lipinski definition) is 1. The van der Waals surface area contributed by atoms with Gasteiger partial charge in [0.25, 0.3) is 0 Å². The summed E-state index contributed by atoms with van der Waals surface area (Å²) >= 11 is 0. The van der Waals surface area contributed by atoms with Crippen LogP contribution in [0.25, 0.3) is 0 Å². The summed E-state index contributed by atoms with van der Waals surface area (Å²) in [5.41, 5.74) is 0.851. The summed E-state index contributed by atoms with van der Waals surface area (Å²) in [5.74, 6) is -0.256. The lowest BCUT2D eigenvalue weighted by atomic mass is 10.0. The Morgan fingerprint density at radius 3 is 2.46 bits per heavy atom. The van der Waals surface area contributed by atoms with Crippen molar-refractivity contribution in [3.8, 4) is 5.75 Å². The van der Waals surface area contributed by atoms with Gasteiger partial charge in [0.05, 0.1) is 6.26 Å². The largest absolute Gasteiger partial charge is 0.573 e. The number of alkyl halides is 3. The molecule has 1 aromatic carbocycles. The fourth-order valence-corrected chi connectivity index (χ4v) is 3.71. The van der Waals surface area contributed by atoms with Crippen LogP contribution in [0.1, 0.15) is 31.4 Å². The maximum absolute atomic E-state index is 12.2. The lowest BCUT2D eigenvalue weighted by Gasteiger charge is -2.37. The van der Waals surface area contributed by atoms with Crippen molar-refractivity contribution in [3.63, 3.8) is 0 Å². The summed E-state index contributed by atoms with van der Waals surface area (Å²) in [4.78, 5) is 2.12. The molecule has 1 N–H and O–H groups in total. The average Bonchev–Trinajstić information content (AvgIpc) is 2.44. The van der Waals surface area contributed by atoms with Gasteiger partial charge >= 0.3 is 6.36 Å². The summed E-state index contributed by atoms with van der Waals surface area (Å²) in [6, 6.07) is 5.59. The third-order valence-electron chi connectivity index (χ3n) is 3.98. The topological polar surface area (TPSA) is 58.6 Å². The van der Waals surface area contributed by atoms with Crippen LogP contribution < -0.4 is 9.46 Å². The van der Waals surface area contributed by atoms with Crippen molar-refractivity contribution in [2.24, 2.45) is 0 Å². The van der Waals surface area contributed by atoms with Crippen LogP contribution in [0.2, 0.25) is 0 Å². The zero-order valence-corrected chi connectivity index (χ0v) is 14.3. The van der Waals surface area contributed by atoms with E-state index in [-0.39, 0.29) is 17.8 Å². The summed E-state index contributed by atoms with van der Waals surface area (Å²) in [6.07, 6.45) is -1.94. The van der Waals surface area contributed by atoms with E-state index in [1.807, 2.05) is 6.92 Å². The van der Waals surface area contributed by atoms with Crippen molar-refractivity contribution < 1.29 is 26.3 Å². The van der Waals surface area contributed by atoms with Crippen LogP contribution in [-0.4, -0.2) is 45.1 Å². The smallest absolute Gasteiger partial charge is 0.406 e. The van der Waals surface area contributed by atoms with E-state index in [1.54, 1.807) is 12.1 Å². The normalized spacial score (nSPS) is 21.5. The molecule has 1 aliphatic heterocycles. The average molecular weight is 366 g/mol. The van der Waals surface area contributed by atoms with Crippen molar-refractivity contribution in [2.75, 3.05) is 19.3 Å². The van der Waals surface area contributed by atoms with Crippen molar-refractivity contribution in [2.45, 2.75) is 38.2 Å². The number of sulfonamides is 1. The second-order valence-corrected chi connectivity index (χ2v) is 7.80. The second kappa shape index (κ2) is 7.28. The molecule has 0 aliphatic carbocycles. The molecule has 136 valence electrons. The molecule has 2 atom stereocenters. The van der Waals surface area contributed by atoms with E-state index in [0.717, 1.165) is 31.2 Å². The van der Waals surface area contributed by atoms with Crippen molar-refractivity contribution in [3.05, 3.63) is 29.8 Å². The first kappa shape index (κ1) is 19.0. The van der Waals surface area contributed by atoms with E-state index in [9.17, 15) is 21.6 Å². The number of halogens is 3. The molecule has 24 heavy (non-hydrogen) atoms. The van der Waals surface area contributed by atoms with E-state index in [4.69, 9.17) is 0 Å². The number of nitrogens with zero attached hydrogens (tertiary/aromatic N) is 1. The van der Waals surface area contributed by atoms with Crippen LogP contribution in [0.15, 0.2) is 24.3 Å². The standard InChI is InChI=1S/C15H21F3N2O3S/c1-11(12-5-7-14(8-6-12)23-15(16,17)18)20-9-3-4-13(10-20)19-24(2,21)22/h5-8,11,13,19H,3-4,9-10H2,1-2H3/t11-,13+/m0/s1. The molecular formula is C15H21F3N2O3S. The lowest BCUT2D eigenvalue weighted by molar-refractivity contribution is -0.274. The van der Waals surface area contributed by atoms with Crippen LogP contribution in [0.5, 0.6) is 5.75 Å². The minimum absolute atomic E-state index is 0.0332. The molecule has 0 saturated carbocycles. The van der Waals surface area contributed by atoms with Crippen LogP contribution in [0.4, 0.5) is 13.2 Å². The van der Waals surface area contributed by atoms with E-state index >= 15 is 0 Å². The number of likely N-dealkylation sites (tertiary alicyclic amines) is 1. The molecule has 0 aromatic heterocycles. The third kappa shape index (κ3) is 5.95. The first-order valence-corrected chi connectivity index (χ1v) is 9.50. The number of ether oxygens (including phenoxy) is 1. The molecule has 1 fully saturated rings. The van der Waals surface area contributed by atoms with Gasteiger partial charge in [0.1, 0.15) is 5.75 Å². The van der Waals surface area contributed by atoms with Gasteiger partial charge in [-0.3, -0.25) is 4.90 Å². The number of benzene rings is 1. The monoisotopic (exact) mass is 366 g/mol. The molecule has 0 amide bonds. The Hall–Kier alpha value is -1.32. The Morgan fingerprint density at radius 2 is 1.92 bits per heavy atom. The minimum atomic E-state index is -4.70. The quantitative estimate of drug-likeness (QED) is 0.870. The summed E-state index contributed by atoms with van der Waals surface area (Å²) < 4.78 is 65.8. The fraction of sp³-hybridized carbons (Fsp3) is 0.600. The zero-order chi connectivity index (χ0) is 18.0. The molecule has 0 unspecified atom stereocenters. The molecule has 9 heteroatoms. The predicted octanol–water partition coefficient (Wildman–Crippen LogP) is 2.66.